The van der Waals surface area contributed by atoms with E-state index in [4.69, 9.17) is 4.74 Å². The zero-order valence-electron chi connectivity index (χ0n) is 15.0. The van der Waals surface area contributed by atoms with E-state index in [9.17, 15) is 0 Å². The van der Waals surface area contributed by atoms with Crippen LogP contribution in [0.25, 0.3) is 0 Å². The summed E-state index contributed by atoms with van der Waals surface area (Å²) in [5, 5.41) is 11.4. The van der Waals surface area contributed by atoms with Crippen LogP contribution in [0.3, 0.4) is 0 Å². The van der Waals surface area contributed by atoms with Gasteiger partial charge in [0.2, 0.25) is 0 Å². The summed E-state index contributed by atoms with van der Waals surface area (Å²) < 4.78 is 7.13. The van der Waals surface area contributed by atoms with Crippen LogP contribution < -0.4 is 15.0 Å². The fourth-order valence-electron chi connectivity index (χ4n) is 2.93. The van der Waals surface area contributed by atoms with Gasteiger partial charge in [0.15, 0.2) is 11.8 Å². The fourth-order valence-corrected chi connectivity index (χ4v) is 2.93. The number of hydrogen-bond donors (Lipinski definition) is 1. The van der Waals surface area contributed by atoms with Crippen molar-refractivity contribution in [3.8, 4) is 5.75 Å². The predicted molar refractivity (Wildman–Crippen MR) is 98.0 cm³/mol. The minimum absolute atomic E-state index is 0.613. The van der Waals surface area contributed by atoms with Crippen molar-refractivity contribution in [2.24, 2.45) is 12.0 Å². The summed E-state index contributed by atoms with van der Waals surface area (Å²) in [5.74, 6) is 2.67. The molecule has 0 unspecified atom stereocenters. The van der Waals surface area contributed by atoms with Gasteiger partial charge in [-0.2, -0.15) is 0 Å². The molecule has 1 aromatic heterocycles. The highest BCUT2D eigenvalue weighted by atomic mass is 16.5. The lowest BCUT2D eigenvalue weighted by atomic mass is 10.2. The van der Waals surface area contributed by atoms with Crippen molar-refractivity contribution < 1.29 is 4.74 Å². The Balaban J connectivity index is 1.54. The number of hydrogen-bond acceptors (Lipinski definition) is 5. The number of anilines is 1. The van der Waals surface area contributed by atoms with E-state index < -0.39 is 0 Å². The van der Waals surface area contributed by atoms with E-state index >= 15 is 0 Å². The molecule has 8 nitrogen and oxygen atoms in total. The molecule has 1 aliphatic rings. The second-order valence-electron chi connectivity index (χ2n) is 5.93. The second-order valence-corrected chi connectivity index (χ2v) is 5.93. The third-order valence-corrected chi connectivity index (χ3v) is 4.44. The molecular formula is C17H25N7O. The fraction of sp³-hybridized carbons (Fsp3) is 0.471. The number of aromatic nitrogens is 3. The first-order chi connectivity index (χ1) is 12.2. The first kappa shape index (κ1) is 17.1. The molecule has 134 valence electrons. The predicted octanol–water partition coefficient (Wildman–Crippen LogP) is 0.721. The Morgan fingerprint density at radius 3 is 2.48 bits per heavy atom. The molecule has 0 radical (unpaired) electrons. The average molecular weight is 343 g/mol. The third-order valence-electron chi connectivity index (χ3n) is 4.44. The van der Waals surface area contributed by atoms with E-state index in [1.807, 2.05) is 30.8 Å². The van der Waals surface area contributed by atoms with Crippen LogP contribution in [0.5, 0.6) is 5.75 Å². The molecule has 0 spiro atoms. The van der Waals surface area contributed by atoms with Crippen molar-refractivity contribution in [3.05, 3.63) is 36.4 Å². The van der Waals surface area contributed by atoms with Gasteiger partial charge in [0.05, 0.1) is 13.7 Å². The number of methoxy groups -OCH3 is 1. The molecule has 1 N–H and O–H groups in total. The Labute approximate surface area is 148 Å². The summed E-state index contributed by atoms with van der Waals surface area (Å²) in [7, 11) is 5.44. The molecular weight excluding hydrogens is 318 g/mol. The van der Waals surface area contributed by atoms with Gasteiger partial charge in [0.25, 0.3) is 0 Å². The van der Waals surface area contributed by atoms with Gasteiger partial charge in [-0.1, -0.05) is 0 Å². The molecule has 1 fully saturated rings. The normalized spacial score (nSPS) is 15.4. The van der Waals surface area contributed by atoms with Crippen molar-refractivity contribution in [2.75, 3.05) is 45.2 Å². The minimum atomic E-state index is 0.613. The highest BCUT2D eigenvalue weighted by Crippen LogP contribution is 2.20. The van der Waals surface area contributed by atoms with Crippen molar-refractivity contribution in [1.82, 2.24) is 25.0 Å². The lowest BCUT2D eigenvalue weighted by molar-refractivity contribution is 0.371. The Hall–Kier alpha value is -2.77. The molecule has 0 aliphatic carbocycles. The molecule has 2 heterocycles. The highest BCUT2D eigenvalue weighted by Gasteiger charge is 2.20. The van der Waals surface area contributed by atoms with Gasteiger partial charge in [-0.3, -0.25) is 4.99 Å². The lowest BCUT2D eigenvalue weighted by Crippen LogP contribution is -2.52. The summed E-state index contributed by atoms with van der Waals surface area (Å²) in [6.07, 6.45) is 1.70. The molecule has 0 amide bonds. The Morgan fingerprint density at radius 1 is 1.20 bits per heavy atom. The number of aryl methyl sites for hydroxylation is 1. The molecule has 1 saturated heterocycles. The van der Waals surface area contributed by atoms with E-state index in [-0.39, 0.29) is 0 Å². The minimum Gasteiger partial charge on any atom is -0.497 e. The van der Waals surface area contributed by atoms with Crippen molar-refractivity contribution in [2.45, 2.75) is 6.54 Å². The second kappa shape index (κ2) is 7.87. The molecule has 3 rings (SSSR count). The zero-order valence-corrected chi connectivity index (χ0v) is 15.0. The number of nitrogens with zero attached hydrogens (tertiary/aromatic N) is 6. The molecule has 1 aromatic carbocycles. The van der Waals surface area contributed by atoms with Crippen LogP contribution in [0.1, 0.15) is 5.82 Å². The number of nitrogens with one attached hydrogen (secondary N) is 1. The Bertz CT molecular complexity index is 702. The van der Waals surface area contributed by atoms with E-state index in [1.54, 1.807) is 13.4 Å². The van der Waals surface area contributed by atoms with Crippen molar-refractivity contribution in [3.63, 3.8) is 0 Å². The van der Waals surface area contributed by atoms with E-state index in [1.165, 1.54) is 5.69 Å². The van der Waals surface area contributed by atoms with E-state index in [2.05, 4.69) is 42.4 Å². The maximum absolute atomic E-state index is 5.22. The van der Waals surface area contributed by atoms with Gasteiger partial charge >= 0.3 is 0 Å². The summed E-state index contributed by atoms with van der Waals surface area (Å²) in [6, 6.07) is 8.22. The number of aliphatic imine (C=N–C) groups is 1. The highest BCUT2D eigenvalue weighted by molar-refractivity contribution is 5.80. The summed E-state index contributed by atoms with van der Waals surface area (Å²) in [5.41, 5.74) is 1.22. The molecule has 25 heavy (non-hydrogen) atoms. The van der Waals surface area contributed by atoms with E-state index in [0.29, 0.717) is 6.54 Å². The Kier molecular flexibility index (Phi) is 5.37. The topological polar surface area (TPSA) is 70.8 Å². The molecule has 2 aromatic rings. The molecule has 8 heteroatoms. The molecule has 0 atom stereocenters. The quantitative estimate of drug-likeness (QED) is 0.652. The summed E-state index contributed by atoms with van der Waals surface area (Å²) >= 11 is 0. The molecule has 0 saturated carbocycles. The third kappa shape index (κ3) is 4.01. The van der Waals surface area contributed by atoms with Crippen LogP contribution >= 0.6 is 0 Å². The van der Waals surface area contributed by atoms with Crippen LogP contribution in [-0.2, 0) is 13.6 Å². The Morgan fingerprint density at radius 2 is 1.92 bits per heavy atom. The van der Waals surface area contributed by atoms with Crippen molar-refractivity contribution in [1.29, 1.82) is 0 Å². The zero-order chi connectivity index (χ0) is 17.6. The number of rotatable bonds is 4. The van der Waals surface area contributed by atoms with Gasteiger partial charge < -0.3 is 24.4 Å². The van der Waals surface area contributed by atoms with Gasteiger partial charge in [0, 0.05) is 46.0 Å². The summed E-state index contributed by atoms with van der Waals surface area (Å²) in [6.45, 7) is 4.37. The van der Waals surface area contributed by atoms with Crippen LogP contribution in [0, 0.1) is 0 Å². The SMILES string of the molecule is CN=C(NCc1nncn1C)N1CCN(c2ccc(OC)cc2)CC1. The summed E-state index contributed by atoms with van der Waals surface area (Å²) in [4.78, 5) is 9.06. The maximum atomic E-state index is 5.22. The molecule has 1 aliphatic heterocycles. The van der Waals surface area contributed by atoms with Crippen LogP contribution in [0.15, 0.2) is 35.6 Å². The number of piperazine rings is 1. The van der Waals surface area contributed by atoms with E-state index in [0.717, 1.165) is 43.7 Å². The number of ether oxygens (including phenoxy) is 1. The van der Waals surface area contributed by atoms with Gasteiger partial charge in [-0.25, -0.2) is 0 Å². The lowest BCUT2D eigenvalue weighted by Gasteiger charge is -2.37. The molecule has 0 bridgehead atoms. The number of benzene rings is 1. The first-order valence-electron chi connectivity index (χ1n) is 8.38. The smallest absolute Gasteiger partial charge is 0.194 e. The first-order valence-corrected chi connectivity index (χ1v) is 8.38. The number of guanidine groups is 1. The standard InChI is InChI=1S/C17H25N7O/c1-18-17(19-12-16-21-20-13-22(16)2)24-10-8-23(9-11-24)14-4-6-15(25-3)7-5-14/h4-7,13H,8-12H2,1-3H3,(H,18,19). The van der Waals surface area contributed by atoms with Crippen LogP contribution in [0.4, 0.5) is 5.69 Å². The van der Waals surface area contributed by atoms with Crippen LogP contribution in [0.2, 0.25) is 0 Å². The average Bonchev–Trinajstić information content (AvgIpc) is 3.08. The van der Waals surface area contributed by atoms with Gasteiger partial charge in [-0.05, 0) is 24.3 Å². The maximum Gasteiger partial charge on any atom is 0.194 e. The monoisotopic (exact) mass is 343 g/mol. The van der Waals surface area contributed by atoms with Gasteiger partial charge in [0.1, 0.15) is 12.1 Å². The van der Waals surface area contributed by atoms with Crippen LogP contribution in [-0.4, -0.2) is 66.0 Å². The van der Waals surface area contributed by atoms with Gasteiger partial charge in [-0.15, -0.1) is 10.2 Å². The van der Waals surface area contributed by atoms with Crippen molar-refractivity contribution >= 4 is 11.6 Å². The largest absolute Gasteiger partial charge is 0.497 e.